The molecule has 0 bridgehead atoms. The zero-order valence-electron chi connectivity index (χ0n) is 20.9. The number of nitrogens with zero attached hydrogens (tertiary/aromatic N) is 6. The summed E-state index contributed by atoms with van der Waals surface area (Å²) in [7, 11) is -1.81. The molecular formula is C24H31F2N7O3S. The topological polar surface area (TPSA) is 115 Å². The van der Waals surface area contributed by atoms with E-state index < -0.39 is 32.9 Å². The van der Waals surface area contributed by atoms with Gasteiger partial charge in [-0.2, -0.15) is 0 Å². The van der Waals surface area contributed by atoms with Gasteiger partial charge in [-0.25, -0.2) is 31.8 Å². The van der Waals surface area contributed by atoms with Gasteiger partial charge in [0.2, 0.25) is 5.95 Å². The maximum atomic E-state index is 15.1. The number of anilines is 1. The van der Waals surface area contributed by atoms with Gasteiger partial charge in [0.05, 0.1) is 24.3 Å². The SMILES string of the molecule is CCCS(=O)(=O)Cc1ccc(F)c(-n2cc(-c3cnc(NC4CCN(CCOC)CC4)nc3)nn2)c1F. The van der Waals surface area contributed by atoms with Crippen LogP contribution in [0.4, 0.5) is 14.7 Å². The summed E-state index contributed by atoms with van der Waals surface area (Å²) < 4.78 is 60.1. The minimum absolute atomic E-state index is 0.0783. The molecule has 37 heavy (non-hydrogen) atoms. The number of rotatable bonds is 11. The number of hydrogen-bond acceptors (Lipinski definition) is 9. The molecule has 1 N–H and O–H groups in total. The number of nitrogens with one attached hydrogen (secondary N) is 1. The first-order valence-corrected chi connectivity index (χ1v) is 14.0. The molecular weight excluding hydrogens is 504 g/mol. The van der Waals surface area contributed by atoms with Gasteiger partial charge in [0.15, 0.2) is 21.5 Å². The van der Waals surface area contributed by atoms with E-state index in [-0.39, 0.29) is 17.4 Å². The molecule has 3 heterocycles. The summed E-state index contributed by atoms with van der Waals surface area (Å²) in [6.07, 6.45) is 6.84. The molecule has 13 heteroatoms. The van der Waals surface area contributed by atoms with E-state index >= 15 is 4.39 Å². The van der Waals surface area contributed by atoms with Crippen LogP contribution in [0.5, 0.6) is 0 Å². The number of methoxy groups -OCH3 is 1. The first kappa shape index (κ1) is 27.0. The number of aromatic nitrogens is 5. The normalized spacial score (nSPS) is 15.2. The number of piperidine rings is 1. The Hall–Kier alpha value is -3.03. The smallest absolute Gasteiger partial charge is 0.222 e. The van der Waals surface area contributed by atoms with Crippen molar-refractivity contribution in [2.45, 2.75) is 38.0 Å². The number of ether oxygens (including phenoxy) is 1. The highest BCUT2D eigenvalue weighted by Gasteiger charge is 2.22. The molecule has 1 aliphatic heterocycles. The van der Waals surface area contributed by atoms with Crippen molar-refractivity contribution in [1.29, 1.82) is 0 Å². The summed E-state index contributed by atoms with van der Waals surface area (Å²) in [5.41, 5.74) is 0.235. The van der Waals surface area contributed by atoms with E-state index in [1.54, 1.807) is 26.4 Å². The second kappa shape index (κ2) is 12.0. The zero-order chi connectivity index (χ0) is 26.4. The van der Waals surface area contributed by atoms with Gasteiger partial charge in [-0.3, -0.25) is 0 Å². The molecule has 1 aliphatic rings. The molecule has 1 aromatic carbocycles. The minimum Gasteiger partial charge on any atom is -0.383 e. The number of halogens is 2. The van der Waals surface area contributed by atoms with Crippen molar-refractivity contribution in [1.82, 2.24) is 29.9 Å². The molecule has 1 fully saturated rings. The van der Waals surface area contributed by atoms with Crippen molar-refractivity contribution in [2.75, 3.05) is 44.4 Å². The molecule has 3 aromatic rings. The van der Waals surface area contributed by atoms with Gasteiger partial charge in [0, 0.05) is 56.3 Å². The summed E-state index contributed by atoms with van der Waals surface area (Å²) in [5, 5.41) is 11.2. The lowest BCUT2D eigenvalue weighted by atomic mass is 10.1. The van der Waals surface area contributed by atoms with Crippen LogP contribution in [0.15, 0.2) is 30.7 Å². The fourth-order valence-corrected chi connectivity index (χ4v) is 5.73. The monoisotopic (exact) mass is 535 g/mol. The molecule has 0 unspecified atom stereocenters. The van der Waals surface area contributed by atoms with E-state index in [0.717, 1.165) is 55.9 Å². The fraction of sp³-hybridized carbons (Fsp3) is 0.500. The molecule has 10 nitrogen and oxygen atoms in total. The maximum absolute atomic E-state index is 15.1. The third kappa shape index (κ3) is 6.84. The minimum atomic E-state index is -3.52. The number of sulfone groups is 1. The van der Waals surface area contributed by atoms with Crippen LogP contribution in [0, 0.1) is 11.6 Å². The van der Waals surface area contributed by atoms with E-state index in [1.807, 2.05) is 0 Å². The molecule has 0 radical (unpaired) electrons. The number of benzene rings is 1. The third-order valence-corrected chi connectivity index (χ3v) is 8.02. The van der Waals surface area contributed by atoms with Gasteiger partial charge in [-0.1, -0.05) is 18.2 Å². The van der Waals surface area contributed by atoms with Crippen LogP contribution in [0.1, 0.15) is 31.7 Å². The van der Waals surface area contributed by atoms with Crippen LogP contribution in [0.3, 0.4) is 0 Å². The summed E-state index contributed by atoms with van der Waals surface area (Å²) in [4.78, 5) is 11.1. The molecule has 4 rings (SSSR count). The highest BCUT2D eigenvalue weighted by molar-refractivity contribution is 7.90. The Morgan fingerprint density at radius 1 is 1.16 bits per heavy atom. The number of hydrogen-bond donors (Lipinski definition) is 1. The Morgan fingerprint density at radius 3 is 2.57 bits per heavy atom. The lowest BCUT2D eigenvalue weighted by molar-refractivity contribution is 0.132. The predicted molar refractivity (Wildman–Crippen MR) is 135 cm³/mol. The Kier molecular flexibility index (Phi) is 8.77. The maximum Gasteiger partial charge on any atom is 0.222 e. The Bertz CT molecular complexity index is 1290. The highest BCUT2D eigenvalue weighted by Crippen LogP contribution is 2.25. The third-order valence-electron chi connectivity index (χ3n) is 6.24. The second-order valence-corrected chi connectivity index (χ2v) is 11.2. The van der Waals surface area contributed by atoms with Crippen LogP contribution in [-0.2, 0) is 20.3 Å². The molecule has 0 aliphatic carbocycles. The lowest BCUT2D eigenvalue weighted by Crippen LogP contribution is -2.40. The molecule has 0 atom stereocenters. The average Bonchev–Trinajstić information content (AvgIpc) is 3.35. The molecule has 0 saturated carbocycles. The van der Waals surface area contributed by atoms with E-state index in [0.29, 0.717) is 23.6 Å². The van der Waals surface area contributed by atoms with Gasteiger partial charge in [0.25, 0.3) is 0 Å². The van der Waals surface area contributed by atoms with Gasteiger partial charge in [0.1, 0.15) is 11.4 Å². The van der Waals surface area contributed by atoms with Crippen LogP contribution < -0.4 is 5.32 Å². The summed E-state index contributed by atoms with van der Waals surface area (Å²) in [5.74, 6) is -1.97. The van der Waals surface area contributed by atoms with E-state index in [4.69, 9.17) is 4.74 Å². The van der Waals surface area contributed by atoms with Crippen LogP contribution in [0.2, 0.25) is 0 Å². The molecule has 0 amide bonds. The Labute approximate surface area is 215 Å². The van der Waals surface area contributed by atoms with E-state index in [9.17, 15) is 12.8 Å². The predicted octanol–water partition coefficient (Wildman–Crippen LogP) is 2.85. The standard InChI is InChI=1S/C24H31F2N7O3S/c1-3-12-37(34,35)16-17-4-5-20(25)23(22(17)26)33-15-21(30-31-33)18-13-27-24(28-14-18)29-19-6-8-32(9-7-19)10-11-36-2/h4-5,13-15,19H,3,6-12,16H2,1-2H3,(H,27,28,29). The lowest BCUT2D eigenvalue weighted by Gasteiger charge is -2.32. The summed E-state index contributed by atoms with van der Waals surface area (Å²) in [6, 6.07) is 2.44. The Balaban J connectivity index is 1.44. The first-order valence-electron chi connectivity index (χ1n) is 12.2. The summed E-state index contributed by atoms with van der Waals surface area (Å²) >= 11 is 0. The van der Waals surface area contributed by atoms with E-state index in [1.165, 1.54) is 6.20 Å². The molecule has 0 spiro atoms. The highest BCUT2D eigenvalue weighted by atomic mass is 32.2. The van der Waals surface area contributed by atoms with Crippen LogP contribution in [0.25, 0.3) is 16.9 Å². The van der Waals surface area contributed by atoms with Gasteiger partial charge >= 0.3 is 0 Å². The Morgan fingerprint density at radius 2 is 1.89 bits per heavy atom. The molecule has 200 valence electrons. The second-order valence-electron chi connectivity index (χ2n) is 9.06. The summed E-state index contributed by atoms with van der Waals surface area (Å²) in [6.45, 7) is 5.31. The van der Waals surface area contributed by atoms with Crippen molar-refractivity contribution in [3.63, 3.8) is 0 Å². The molecule has 1 saturated heterocycles. The van der Waals surface area contributed by atoms with Crippen molar-refractivity contribution in [2.24, 2.45) is 0 Å². The fourth-order valence-electron chi connectivity index (χ4n) is 4.27. The number of likely N-dealkylation sites (tertiary alicyclic amines) is 1. The first-order chi connectivity index (χ1) is 17.8. The van der Waals surface area contributed by atoms with Crippen LogP contribution in [-0.4, -0.2) is 83.4 Å². The quantitative estimate of drug-likeness (QED) is 0.396. The zero-order valence-corrected chi connectivity index (χ0v) is 21.7. The van der Waals surface area contributed by atoms with Gasteiger partial charge < -0.3 is 15.0 Å². The van der Waals surface area contributed by atoms with E-state index in [2.05, 4.69) is 30.5 Å². The van der Waals surface area contributed by atoms with Crippen molar-refractivity contribution in [3.8, 4) is 16.9 Å². The van der Waals surface area contributed by atoms with Gasteiger partial charge in [-0.15, -0.1) is 5.10 Å². The van der Waals surface area contributed by atoms with Crippen molar-refractivity contribution >= 4 is 15.8 Å². The largest absolute Gasteiger partial charge is 0.383 e. The van der Waals surface area contributed by atoms with Crippen molar-refractivity contribution < 1.29 is 21.9 Å². The average molecular weight is 536 g/mol. The van der Waals surface area contributed by atoms with Crippen LogP contribution >= 0.6 is 0 Å². The van der Waals surface area contributed by atoms with Gasteiger partial charge in [-0.05, 0) is 25.3 Å². The molecule has 2 aromatic heterocycles. The van der Waals surface area contributed by atoms with Crippen molar-refractivity contribution in [3.05, 3.63) is 47.9 Å².